The summed E-state index contributed by atoms with van der Waals surface area (Å²) in [6.45, 7) is 4.39. The van der Waals surface area contributed by atoms with E-state index in [-0.39, 0.29) is 0 Å². The smallest absolute Gasteiger partial charge is 0.0964 e. The van der Waals surface area contributed by atoms with Crippen molar-refractivity contribution in [3.05, 3.63) is 41.4 Å². The van der Waals surface area contributed by atoms with E-state index >= 15 is 0 Å². The Kier molecular flexibility index (Phi) is 2.18. The molecule has 3 rings (SSSR count). The summed E-state index contributed by atoms with van der Waals surface area (Å²) < 4.78 is 1.29. The van der Waals surface area contributed by atoms with Crippen LogP contribution in [-0.4, -0.2) is 4.98 Å². The third-order valence-electron chi connectivity index (χ3n) is 2.79. The first-order valence-corrected chi connectivity index (χ1v) is 6.35. The number of hydrogen-bond donors (Lipinski definition) is 0. The molecule has 1 nitrogen and oxygen atoms in total. The van der Waals surface area contributed by atoms with Crippen molar-refractivity contribution < 1.29 is 0 Å². The van der Waals surface area contributed by atoms with Crippen molar-refractivity contribution in [2.45, 2.75) is 19.8 Å². The van der Waals surface area contributed by atoms with Gasteiger partial charge in [0.1, 0.15) is 0 Å². The molecular formula is C14H13NS. The average Bonchev–Trinajstić information content (AvgIpc) is 2.73. The number of benzene rings is 2. The molecule has 0 amide bonds. The van der Waals surface area contributed by atoms with Crippen molar-refractivity contribution in [1.82, 2.24) is 4.98 Å². The second kappa shape index (κ2) is 3.56. The average molecular weight is 227 g/mol. The van der Waals surface area contributed by atoms with E-state index in [1.54, 1.807) is 0 Å². The van der Waals surface area contributed by atoms with Gasteiger partial charge in [0, 0.05) is 11.3 Å². The number of thiazole rings is 1. The highest BCUT2D eigenvalue weighted by atomic mass is 32.1. The van der Waals surface area contributed by atoms with Crippen LogP contribution in [0.15, 0.2) is 36.4 Å². The number of aromatic nitrogens is 1. The molecule has 2 heteroatoms. The molecule has 0 bridgehead atoms. The fourth-order valence-electron chi connectivity index (χ4n) is 1.93. The molecular weight excluding hydrogens is 214 g/mol. The Morgan fingerprint density at radius 3 is 2.69 bits per heavy atom. The summed E-state index contributed by atoms with van der Waals surface area (Å²) in [6, 6.07) is 12.8. The van der Waals surface area contributed by atoms with Crippen LogP contribution in [0.5, 0.6) is 0 Å². The number of rotatable bonds is 1. The van der Waals surface area contributed by atoms with Gasteiger partial charge < -0.3 is 0 Å². The van der Waals surface area contributed by atoms with E-state index in [4.69, 9.17) is 4.98 Å². The largest absolute Gasteiger partial charge is 0.240 e. The van der Waals surface area contributed by atoms with E-state index in [9.17, 15) is 0 Å². The Morgan fingerprint density at radius 1 is 1.06 bits per heavy atom. The quantitative estimate of drug-likeness (QED) is 0.593. The molecule has 0 aliphatic heterocycles. The predicted octanol–water partition coefficient (Wildman–Crippen LogP) is 4.57. The van der Waals surface area contributed by atoms with E-state index < -0.39 is 0 Å². The molecule has 3 aromatic rings. The topological polar surface area (TPSA) is 12.9 Å². The lowest BCUT2D eigenvalue weighted by Crippen LogP contribution is -1.83. The van der Waals surface area contributed by atoms with Crippen LogP contribution in [0.2, 0.25) is 0 Å². The Morgan fingerprint density at radius 2 is 1.88 bits per heavy atom. The molecule has 0 saturated carbocycles. The minimum atomic E-state index is 0.510. The van der Waals surface area contributed by atoms with Gasteiger partial charge in [0.2, 0.25) is 0 Å². The van der Waals surface area contributed by atoms with Crippen LogP contribution in [0, 0.1) is 0 Å². The summed E-state index contributed by atoms with van der Waals surface area (Å²) in [5, 5.41) is 3.77. The fourth-order valence-corrected chi connectivity index (χ4v) is 2.91. The molecule has 0 radical (unpaired) electrons. The minimum absolute atomic E-state index is 0.510. The van der Waals surface area contributed by atoms with Gasteiger partial charge in [-0.15, -0.1) is 11.3 Å². The Labute approximate surface area is 98.7 Å². The van der Waals surface area contributed by atoms with Gasteiger partial charge in [0.15, 0.2) is 0 Å². The van der Waals surface area contributed by atoms with Gasteiger partial charge in [0.05, 0.1) is 15.2 Å². The highest BCUT2D eigenvalue weighted by Crippen LogP contribution is 2.31. The predicted molar refractivity (Wildman–Crippen MR) is 71.2 cm³/mol. The van der Waals surface area contributed by atoms with Crippen LogP contribution in [0.3, 0.4) is 0 Å². The van der Waals surface area contributed by atoms with Gasteiger partial charge >= 0.3 is 0 Å². The lowest BCUT2D eigenvalue weighted by atomic mass is 10.1. The molecule has 0 aliphatic carbocycles. The summed E-state index contributed by atoms with van der Waals surface area (Å²) in [5.74, 6) is 0.510. The van der Waals surface area contributed by atoms with E-state index in [0.29, 0.717) is 5.92 Å². The van der Waals surface area contributed by atoms with Crippen LogP contribution in [0.4, 0.5) is 0 Å². The first-order valence-electron chi connectivity index (χ1n) is 5.54. The van der Waals surface area contributed by atoms with Crippen molar-refractivity contribution in [1.29, 1.82) is 0 Å². The molecule has 16 heavy (non-hydrogen) atoms. The molecule has 0 aliphatic rings. The molecule has 0 unspecified atom stereocenters. The van der Waals surface area contributed by atoms with E-state index in [2.05, 4.69) is 50.2 Å². The normalized spacial score (nSPS) is 11.7. The fraction of sp³-hybridized carbons (Fsp3) is 0.214. The van der Waals surface area contributed by atoms with Crippen LogP contribution in [0.1, 0.15) is 24.8 Å². The summed E-state index contributed by atoms with van der Waals surface area (Å²) in [4.78, 5) is 4.76. The van der Waals surface area contributed by atoms with Gasteiger partial charge in [-0.2, -0.15) is 0 Å². The Bertz CT molecular complexity index is 652. The van der Waals surface area contributed by atoms with Crippen molar-refractivity contribution >= 4 is 32.3 Å². The zero-order chi connectivity index (χ0) is 11.1. The van der Waals surface area contributed by atoms with E-state index in [1.165, 1.54) is 20.5 Å². The highest BCUT2D eigenvalue weighted by Gasteiger charge is 2.09. The van der Waals surface area contributed by atoms with Crippen molar-refractivity contribution in [2.75, 3.05) is 0 Å². The lowest BCUT2D eigenvalue weighted by Gasteiger charge is -1.97. The van der Waals surface area contributed by atoms with Crippen LogP contribution in [0.25, 0.3) is 21.0 Å². The van der Waals surface area contributed by atoms with Crippen LogP contribution >= 0.6 is 11.3 Å². The van der Waals surface area contributed by atoms with Gasteiger partial charge in [-0.1, -0.05) is 44.2 Å². The van der Waals surface area contributed by atoms with Gasteiger partial charge in [-0.05, 0) is 11.5 Å². The third kappa shape index (κ3) is 1.41. The molecule has 1 heterocycles. The zero-order valence-corrected chi connectivity index (χ0v) is 10.2. The molecule has 2 aromatic carbocycles. The summed E-state index contributed by atoms with van der Waals surface area (Å²) in [7, 11) is 0. The summed E-state index contributed by atoms with van der Waals surface area (Å²) >= 11 is 1.81. The lowest BCUT2D eigenvalue weighted by molar-refractivity contribution is 0.857. The second-order valence-corrected chi connectivity index (χ2v) is 5.40. The Hall–Kier alpha value is -1.41. The van der Waals surface area contributed by atoms with Gasteiger partial charge in [-0.25, -0.2) is 4.98 Å². The molecule has 0 fully saturated rings. The summed E-state index contributed by atoms with van der Waals surface area (Å²) in [5.41, 5.74) is 1.16. The maximum absolute atomic E-state index is 4.76. The van der Waals surface area contributed by atoms with Crippen molar-refractivity contribution in [2.24, 2.45) is 0 Å². The summed E-state index contributed by atoms with van der Waals surface area (Å²) in [6.07, 6.45) is 0. The maximum atomic E-state index is 4.76. The zero-order valence-electron chi connectivity index (χ0n) is 9.40. The first kappa shape index (κ1) is 9.79. The SMILES string of the molecule is CC(C)c1nc2c(ccc3ccccc32)s1. The van der Waals surface area contributed by atoms with Gasteiger partial charge in [0.25, 0.3) is 0 Å². The standard InChI is InChI=1S/C14H13NS/c1-9(2)14-15-13-11-6-4-3-5-10(11)7-8-12(13)16-14/h3-9H,1-2H3. The first-order chi connectivity index (χ1) is 7.75. The van der Waals surface area contributed by atoms with E-state index in [1.807, 2.05) is 11.3 Å². The number of fused-ring (bicyclic) bond motifs is 3. The van der Waals surface area contributed by atoms with Crippen LogP contribution < -0.4 is 0 Å². The van der Waals surface area contributed by atoms with Gasteiger partial charge in [-0.3, -0.25) is 0 Å². The van der Waals surface area contributed by atoms with E-state index in [0.717, 1.165) is 5.52 Å². The highest BCUT2D eigenvalue weighted by molar-refractivity contribution is 7.18. The second-order valence-electron chi connectivity index (χ2n) is 4.34. The van der Waals surface area contributed by atoms with Crippen molar-refractivity contribution in [3.63, 3.8) is 0 Å². The molecule has 1 aromatic heterocycles. The molecule has 0 saturated heterocycles. The monoisotopic (exact) mass is 227 g/mol. The molecule has 0 spiro atoms. The number of hydrogen-bond acceptors (Lipinski definition) is 2. The Balaban J connectivity index is 2.41. The molecule has 0 atom stereocenters. The van der Waals surface area contributed by atoms with Crippen molar-refractivity contribution in [3.8, 4) is 0 Å². The molecule has 0 N–H and O–H groups in total. The third-order valence-corrected chi connectivity index (χ3v) is 4.12. The number of nitrogens with zero attached hydrogens (tertiary/aromatic N) is 1. The molecule has 80 valence electrons. The van der Waals surface area contributed by atoms with Crippen LogP contribution in [-0.2, 0) is 0 Å². The minimum Gasteiger partial charge on any atom is -0.240 e. The maximum Gasteiger partial charge on any atom is 0.0964 e.